The molecule has 6 nitrogen and oxygen atoms in total. The Morgan fingerprint density at radius 1 is 1.00 bits per heavy atom. The number of anilines is 1. The fraction of sp³-hybridized carbons (Fsp3) is 0.200. The van der Waals surface area contributed by atoms with E-state index >= 15 is 0 Å². The molecular formula is C25H24N2O4. The number of ether oxygens (including phenoxy) is 1. The fourth-order valence-corrected chi connectivity index (χ4v) is 3.47. The molecule has 3 aromatic rings. The molecule has 2 amide bonds. The summed E-state index contributed by atoms with van der Waals surface area (Å²) in [5, 5.41) is 3.17. The number of nitrogens with zero attached hydrogens (tertiary/aromatic N) is 1. The number of furan rings is 1. The Morgan fingerprint density at radius 3 is 2.48 bits per heavy atom. The smallest absolute Gasteiger partial charge is 0.278 e. The van der Waals surface area contributed by atoms with Gasteiger partial charge in [0.15, 0.2) is 0 Å². The van der Waals surface area contributed by atoms with Crippen LogP contribution in [0.4, 0.5) is 5.69 Å². The average molecular weight is 416 g/mol. The molecule has 0 atom stereocenters. The van der Waals surface area contributed by atoms with Gasteiger partial charge in [-0.15, -0.1) is 0 Å². The average Bonchev–Trinajstić information content (AvgIpc) is 3.36. The van der Waals surface area contributed by atoms with Gasteiger partial charge in [0, 0.05) is 5.69 Å². The molecule has 0 fully saturated rings. The molecule has 0 aliphatic carbocycles. The number of benzene rings is 2. The number of rotatable bonds is 8. The molecule has 1 aliphatic rings. The molecule has 0 spiro atoms. The normalized spacial score (nSPS) is 13.8. The van der Waals surface area contributed by atoms with Crippen LogP contribution in [0.5, 0.6) is 5.75 Å². The zero-order valence-corrected chi connectivity index (χ0v) is 17.6. The number of hydrogen-bond acceptors (Lipinski definition) is 5. The summed E-state index contributed by atoms with van der Waals surface area (Å²) in [5.74, 6) is 0.521. The Bertz CT molecular complexity index is 1110. The molecule has 0 saturated heterocycles. The van der Waals surface area contributed by atoms with Crippen LogP contribution in [0.15, 0.2) is 77.0 Å². The summed E-state index contributed by atoms with van der Waals surface area (Å²) in [6, 6.07) is 18.4. The summed E-state index contributed by atoms with van der Waals surface area (Å²) in [6.07, 6.45) is 2.43. The largest absolute Gasteiger partial charge is 0.494 e. The molecule has 0 radical (unpaired) electrons. The van der Waals surface area contributed by atoms with Crippen LogP contribution in [0.3, 0.4) is 0 Å². The fourth-order valence-electron chi connectivity index (χ4n) is 3.47. The summed E-state index contributed by atoms with van der Waals surface area (Å²) < 4.78 is 11.0. The second kappa shape index (κ2) is 8.92. The first-order valence-corrected chi connectivity index (χ1v) is 10.3. The molecule has 158 valence electrons. The van der Waals surface area contributed by atoms with E-state index < -0.39 is 0 Å². The van der Waals surface area contributed by atoms with E-state index in [2.05, 4.69) is 5.32 Å². The summed E-state index contributed by atoms with van der Waals surface area (Å²) in [5.41, 5.74) is 3.04. The van der Waals surface area contributed by atoms with Crippen molar-refractivity contribution in [1.82, 2.24) is 4.90 Å². The van der Waals surface area contributed by atoms with Gasteiger partial charge in [0.1, 0.15) is 17.2 Å². The molecule has 1 aliphatic heterocycles. The predicted molar refractivity (Wildman–Crippen MR) is 118 cm³/mol. The topological polar surface area (TPSA) is 71.8 Å². The summed E-state index contributed by atoms with van der Waals surface area (Å²) in [4.78, 5) is 27.7. The third-order valence-electron chi connectivity index (χ3n) is 4.97. The molecule has 1 N–H and O–H groups in total. The highest BCUT2D eigenvalue weighted by Gasteiger charge is 2.39. The minimum Gasteiger partial charge on any atom is -0.494 e. The first-order chi connectivity index (χ1) is 15.1. The van der Waals surface area contributed by atoms with Gasteiger partial charge in [0.05, 0.1) is 25.0 Å². The van der Waals surface area contributed by atoms with Gasteiger partial charge in [-0.3, -0.25) is 14.5 Å². The zero-order chi connectivity index (χ0) is 21.8. The minimum atomic E-state index is -0.385. The first-order valence-electron chi connectivity index (χ1n) is 10.3. The molecular weight excluding hydrogens is 392 g/mol. The maximum atomic E-state index is 13.3. The zero-order valence-electron chi connectivity index (χ0n) is 17.6. The summed E-state index contributed by atoms with van der Waals surface area (Å²) in [7, 11) is 0. The number of carbonyl (C=O) groups is 2. The van der Waals surface area contributed by atoms with Gasteiger partial charge in [0.2, 0.25) is 0 Å². The van der Waals surface area contributed by atoms with Crippen molar-refractivity contribution >= 4 is 23.1 Å². The molecule has 2 heterocycles. The lowest BCUT2D eigenvalue weighted by Gasteiger charge is -2.13. The number of hydrogen-bond donors (Lipinski definition) is 1. The van der Waals surface area contributed by atoms with Crippen molar-refractivity contribution in [1.29, 1.82) is 0 Å². The highest BCUT2D eigenvalue weighted by atomic mass is 16.5. The van der Waals surface area contributed by atoms with Gasteiger partial charge >= 0.3 is 0 Å². The number of nitrogens with one attached hydrogen (secondary N) is 1. The van der Waals surface area contributed by atoms with Crippen LogP contribution in [-0.2, 0) is 16.1 Å². The lowest BCUT2D eigenvalue weighted by Crippen LogP contribution is -2.31. The van der Waals surface area contributed by atoms with Gasteiger partial charge in [-0.05, 0) is 60.9 Å². The number of imide groups is 1. The number of amides is 2. The SMILES string of the molecule is CCCOc1ccc(C2=C(Nc3cccc(C)c3)C(=O)N(Cc3ccco3)C2=O)cc1. The molecule has 1 aromatic heterocycles. The van der Waals surface area contributed by atoms with Crippen LogP contribution < -0.4 is 10.1 Å². The Morgan fingerprint density at radius 2 is 1.81 bits per heavy atom. The second-order valence-electron chi connectivity index (χ2n) is 7.39. The third-order valence-corrected chi connectivity index (χ3v) is 4.97. The van der Waals surface area contributed by atoms with Crippen molar-refractivity contribution in [3.8, 4) is 5.75 Å². The van der Waals surface area contributed by atoms with Crippen molar-refractivity contribution < 1.29 is 18.7 Å². The molecule has 4 rings (SSSR count). The summed E-state index contributed by atoms with van der Waals surface area (Å²) in [6.45, 7) is 4.71. The monoisotopic (exact) mass is 416 g/mol. The quantitative estimate of drug-likeness (QED) is 0.536. The van der Waals surface area contributed by atoms with Gasteiger partial charge in [0.25, 0.3) is 11.8 Å². The van der Waals surface area contributed by atoms with Crippen LogP contribution >= 0.6 is 0 Å². The van der Waals surface area contributed by atoms with Crippen molar-refractivity contribution in [3.63, 3.8) is 0 Å². The van der Waals surface area contributed by atoms with E-state index in [1.165, 1.54) is 11.2 Å². The second-order valence-corrected chi connectivity index (χ2v) is 7.39. The van der Waals surface area contributed by atoms with E-state index in [1.54, 1.807) is 24.3 Å². The Kier molecular flexibility index (Phi) is 5.89. The lowest BCUT2D eigenvalue weighted by atomic mass is 10.0. The van der Waals surface area contributed by atoms with E-state index in [9.17, 15) is 9.59 Å². The van der Waals surface area contributed by atoms with Crippen LogP contribution in [0, 0.1) is 6.92 Å². The van der Waals surface area contributed by atoms with E-state index in [-0.39, 0.29) is 24.1 Å². The first kappa shape index (κ1) is 20.5. The third kappa shape index (κ3) is 4.38. The molecule has 0 saturated carbocycles. The minimum absolute atomic E-state index is 0.0743. The van der Waals surface area contributed by atoms with Crippen molar-refractivity contribution in [2.75, 3.05) is 11.9 Å². The Hall–Kier alpha value is -3.80. The van der Waals surface area contributed by atoms with Crippen molar-refractivity contribution in [2.24, 2.45) is 0 Å². The van der Waals surface area contributed by atoms with Crippen LogP contribution in [0.1, 0.15) is 30.2 Å². The van der Waals surface area contributed by atoms with E-state index in [1.807, 2.05) is 50.2 Å². The van der Waals surface area contributed by atoms with Crippen LogP contribution in [0.2, 0.25) is 0 Å². The van der Waals surface area contributed by atoms with Gasteiger partial charge in [-0.1, -0.05) is 31.2 Å². The molecule has 0 bridgehead atoms. The van der Waals surface area contributed by atoms with Crippen molar-refractivity contribution in [2.45, 2.75) is 26.8 Å². The van der Waals surface area contributed by atoms with Gasteiger partial charge in [-0.25, -0.2) is 0 Å². The Labute approximate surface area is 181 Å². The lowest BCUT2D eigenvalue weighted by molar-refractivity contribution is -0.137. The highest BCUT2D eigenvalue weighted by Crippen LogP contribution is 2.32. The number of aryl methyl sites for hydroxylation is 1. The standard InChI is InChI=1S/C25H24N2O4/c1-3-13-30-20-11-9-18(10-12-20)22-23(26-19-7-4-6-17(2)15-19)25(29)27(24(22)28)16-21-8-5-14-31-21/h4-12,14-15,26H,3,13,16H2,1-2H3. The van der Waals surface area contributed by atoms with Gasteiger partial charge in [-0.2, -0.15) is 0 Å². The maximum Gasteiger partial charge on any atom is 0.278 e. The van der Waals surface area contributed by atoms with Crippen LogP contribution in [-0.4, -0.2) is 23.3 Å². The maximum absolute atomic E-state index is 13.3. The van der Waals surface area contributed by atoms with Gasteiger partial charge < -0.3 is 14.5 Å². The van der Waals surface area contributed by atoms with Crippen LogP contribution in [0.25, 0.3) is 5.57 Å². The van der Waals surface area contributed by atoms with Crippen molar-refractivity contribution in [3.05, 3.63) is 89.5 Å². The van der Waals surface area contributed by atoms with E-state index in [0.717, 1.165) is 23.4 Å². The van der Waals surface area contributed by atoms with E-state index in [4.69, 9.17) is 9.15 Å². The number of carbonyl (C=O) groups excluding carboxylic acids is 2. The molecule has 31 heavy (non-hydrogen) atoms. The molecule has 6 heteroatoms. The Balaban J connectivity index is 1.70. The highest BCUT2D eigenvalue weighted by molar-refractivity contribution is 6.36. The van der Waals surface area contributed by atoms with E-state index in [0.29, 0.717) is 23.5 Å². The predicted octanol–water partition coefficient (Wildman–Crippen LogP) is 4.77. The summed E-state index contributed by atoms with van der Waals surface area (Å²) >= 11 is 0. The molecule has 2 aromatic carbocycles. The molecule has 0 unspecified atom stereocenters.